The highest BCUT2D eigenvalue weighted by Gasteiger charge is 2.14. The van der Waals surface area contributed by atoms with E-state index in [9.17, 15) is 0 Å². The Bertz CT molecular complexity index is 147. The lowest BCUT2D eigenvalue weighted by Gasteiger charge is -2.03. The van der Waals surface area contributed by atoms with Crippen LogP contribution in [0.25, 0.3) is 0 Å². The molecule has 0 saturated heterocycles. The summed E-state index contributed by atoms with van der Waals surface area (Å²) < 4.78 is 5.03. The molecule has 0 aromatic rings. The van der Waals surface area contributed by atoms with Crippen LogP contribution in [-0.2, 0) is 4.74 Å². The van der Waals surface area contributed by atoms with Crippen LogP contribution in [-0.4, -0.2) is 11.7 Å². The molecule has 2 nitrogen and oxygen atoms in total. The van der Waals surface area contributed by atoms with Gasteiger partial charge in [-0.05, 0) is 19.1 Å². The summed E-state index contributed by atoms with van der Waals surface area (Å²) in [6.07, 6.45) is 5.31. The monoisotopic (exact) mass is 126 g/mol. The van der Waals surface area contributed by atoms with Crippen molar-refractivity contribution in [3.63, 3.8) is 0 Å². The van der Waals surface area contributed by atoms with Crippen molar-refractivity contribution in [2.24, 2.45) is 5.92 Å². The Balaban J connectivity index is 2.60. The van der Waals surface area contributed by atoms with Gasteiger partial charge >= 0.3 is 0 Å². The van der Waals surface area contributed by atoms with Crippen molar-refractivity contribution in [3.8, 4) is 0 Å². The van der Waals surface area contributed by atoms with Gasteiger partial charge in [0, 0.05) is 0 Å². The number of ether oxygens (including phenoxy) is 1. The lowest BCUT2D eigenvalue weighted by Crippen LogP contribution is -2.01. The number of aliphatic hydroxyl groups excluding tert-OH is 1. The van der Waals surface area contributed by atoms with Crippen LogP contribution in [0.3, 0.4) is 0 Å². The maximum Gasteiger partial charge on any atom is 0.108 e. The van der Waals surface area contributed by atoms with Crippen LogP contribution in [0.4, 0.5) is 0 Å². The van der Waals surface area contributed by atoms with Crippen molar-refractivity contribution in [1.29, 1.82) is 0 Å². The summed E-state index contributed by atoms with van der Waals surface area (Å²) in [5.41, 5.74) is 0. The molecule has 0 spiro atoms. The van der Waals surface area contributed by atoms with Crippen LogP contribution >= 0.6 is 0 Å². The smallest absolute Gasteiger partial charge is 0.108 e. The minimum Gasteiger partial charge on any atom is -0.469 e. The molecule has 1 atom stereocenters. The Labute approximate surface area is 54.5 Å². The lowest BCUT2D eigenvalue weighted by molar-refractivity contribution is 0.239. The zero-order valence-corrected chi connectivity index (χ0v) is 5.37. The maximum atomic E-state index is 8.70. The summed E-state index contributed by atoms with van der Waals surface area (Å²) in [7, 11) is 0. The fraction of sp³-hybridized carbons (Fsp3) is 0.429. The van der Waals surface area contributed by atoms with Crippen molar-refractivity contribution in [3.05, 3.63) is 24.2 Å². The average Bonchev–Trinajstić information content (AvgIpc) is 2.33. The van der Waals surface area contributed by atoms with Gasteiger partial charge in [0.2, 0.25) is 0 Å². The van der Waals surface area contributed by atoms with Gasteiger partial charge in [-0.1, -0.05) is 0 Å². The van der Waals surface area contributed by atoms with E-state index in [2.05, 4.69) is 0 Å². The second kappa shape index (κ2) is 2.69. The summed E-state index contributed by atoms with van der Waals surface area (Å²) >= 11 is 0. The van der Waals surface area contributed by atoms with Gasteiger partial charge in [-0.2, -0.15) is 0 Å². The Morgan fingerprint density at radius 3 is 3.11 bits per heavy atom. The van der Waals surface area contributed by atoms with E-state index in [0.29, 0.717) is 0 Å². The first kappa shape index (κ1) is 6.36. The largest absolute Gasteiger partial charge is 0.469 e. The molecule has 0 aliphatic carbocycles. The van der Waals surface area contributed by atoms with Crippen LogP contribution in [0.1, 0.15) is 6.92 Å². The third-order valence-electron chi connectivity index (χ3n) is 1.36. The van der Waals surface area contributed by atoms with Gasteiger partial charge in [0.25, 0.3) is 0 Å². The Kier molecular flexibility index (Phi) is 1.90. The molecule has 1 heterocycles. The summed E-state index contributed by atoms with van der Waals surface area (Å²) in [5.74, 6) is 0.938. The van der Waals surface area contributed by atoms with Gasteiger partial charge in [-0.25, -0.2) is 0 Å². The lowest BCUT2D eigenvalue weighted by atomic mass is 10.1. The minimum atomic E-state index is 0.0926. The Hall–Kier alpha value is -0.760. The van der Waals surface area contributed by atoms with E-state index >= 15 is 0 Å². The predicted molar refractivity (Wildman–Crippen MR) is 34.6 cm³/mol. The third kappa shape index (κ3) is 1.13. The fourth-order valence-corrected chi connectivity index (χ4v) is 0.828. The topological polar surface area (TPSA) is 29.5 Å². The Morgan fingerprint density at radius 1 is 1.89 bits per heavy atom. The molecule has 0 saturated carbocycles. The summed E-state index contributed by atoms with van der Waals surface area (Å²) in [4.78, 5) is 0. The van der Waals surface area contributed by atoms with E-state index in [1.807, 2.05) is 19.1 Å². The summed E-state index contributed by atoms with van der Waals surface area (Å²) in [5, 5.41) is 8.70. The van der Waals surface area contributed by atoms with Crippen molar-refractivity contribution in [2.45, 2.75) is 6.92 Å². The molecule has 0 amide bonds. The molecule has 0 fully saturated rings. The molecule has 1 N–H and O–H groups in total. The van der Waals surface area contributed by atoms with Crippen LogP contribution in [0.15, 0.2) is 24.2 Å². The summed E-state index contributed by atoms with van der Waals surface area (Å²) in [6.45, 7) is 2.03. The molecule has 0 bridgehead atoms. The van der Waals surface area contributed by atoms with E-state index in [4.69, 9.17) is 9.84 Å². The third-order valence-corrected chi connectivity index (χ3v) is 1.36. The van der Waals surface area contributed by atoms with E-state index in [-0.39, 0.29) is 12.5 Å². The second-order valence-electron chi connectivity index (χ2n) is 1.93. The quantitative estimate of drug-likeness (QED) is 0.569. The highest BCUT2D eigenvalue weighted by molar-refractivity contribution is 5.11. The SMILES string of the molecule is C/C=C1/OC=CC1CO. The van der Waals surface area contributed by atoms with Gasteiger partial charge in [0.05, 0.1) is 18.8 Å². The molecule has 50 valence electrons. The molecule has 1 rings (SSSR count). The van der Waals surface area contributed by atoms with Gasteiger partial charge in [-0.3, -0.25) is 0 Å². The van der Waals surface area contributed by atoms with Crippen LogP contribution in [0.2, 0.25) is 0 Å². The van der Waals surface area contributed by atoms with Crippen LogP contribution in [0.5, 0.6) is 0 Å². The molecule has 1 unspecified atom stereocenters. The van der Waals surface area contributed by atoms with Crippen LogP contribution < -0.4 is 0 Å². The van der Waals surface area contributed by atoms with E-state index < -0.39 is 0 Å². The standard InChI is InChI=1S/C7H10O2/c1-2-7-6(5-8)3-4-9-7/h2-4,6,8H,5H2,1H3/b7-2+. The summed E-state index contributed by atoms with van der Waals surface area (Å²) in [6, 6.07) is 0. The highest BCUT2D eigenvalue weighted by Crippen LogP contribution is 2.19. The normalized spacial score (nSPS) is 29.1. The molecular weight excluding hydrogens is 116 g/mol. The zero-order valence-electron chi connectivity index (χ0n) is 5.37. The molecule has 9 heavy (non-hydrogen) atoms. The molecule has 0 aromatic heterocycles. The molecule has 0 radical (unpaired) electrons. The number of allylic oxidation sites excluding steroid dienone is 1. The first-order chi connectivity index (χ1) is 4.38. The molecular formula is C7H10O2. The molecule has 1 aliphatic heterocycles. The van der Waals surface area contributed by atoms with Gasteiger partial charge in [0.1, 0.15) is 5.76 Å². The number of aliphatic hydroxyl groups is 1. The van der Waals surface area contributed by atoms with Crippen molar-refractivity contribution in [2.75, 3.05) is 6.61 Å². The zero-order chi connectivity index (χ0) is 6.69. The number of hydrogen-bond acceptors (Lipinski definition) is 2. The Morgan fingerprint density at radius 2 is 2.67 bits per heavy atom. The van der Waals surface area contributed by atoms with E-state index in [1.165, 1.54) is 0 Å². The van der Waals surface area contributed by atoms with Gasteiger partial charge < -0.3 is 9.84 Å². The predicted octanol–water partition coefficient (Wildman–Crippen LogP) is 1.04. The fourth-order valence-electron chi connectivity index (χ4n) is 0.828. The number of rotatable bonds is 1. The first-order valence-electron chi connectivity index (χ1n) is 2.99. The van der Waals surface area contributed by atoms with E-state index in [1.54, 1.807) is 6.26 Å². The average molecular weight is 126 g/mol. The van der Waals surface area contributed by atoms with Crippen molar-refractivity contribution >= 4 is 0 Å². The van der Waals surface area contributed by atoms with Gasteiger partial charge in [0.15, 0.2) is 0 Å². The number of hydrogen-bond donors (Lipinski definition) is 1. The van der Waals surface area contributed by atoms with Crippen molar-refractivity contribution in [1.82, 2.24) is 0 Å². The molecule has 1 aliphatic rings. The maximum absolute atomic E-state index is 8.70. The van der Waals surface area contributed by atoms with Crippen molar-refractivity contribution < 1.29 is 9.84 Å². The van der Waals surface area contributed by atoms with E-state index in [0.717, 1.165) is 5.76 Å². The molecule has 2 heteroatoms. The van der Waals surface area contributed by atoms with Crippen LogP contribution in [0, 0.1) is 5.92 Å². The minimum absolute atomic E-state index is 0.0926. The molecule has 0 aromatic carbocycles. The van der Waals surface area contributed by atoms with Gasteiger partial charge in [-0.15, -0.1) is 0 Å². The first-order valence-corrected chi connectivity index (χ1v) is 2.99. The highest BCUT2D eigenvalue weighted by atomic mass is 16.5. The second-order valence-corrected chi connectivity index (χ2v) is 1.93.